The fraction of sp³-hybridized carbons (Fsp3) is 0.417. The summed E-state index contributed by atoms with van der Waals surface area (Å²) in [6.07, 6.45) is 1.49. The predicted octanol–water partition coefficient (Wildman–Crippen LogP) is -0.0845. The first-order valence-electron chi connectivity index (χ1n) is 6.05. The average molecular weight is 280 g/mol. The van der Waals surface area contributed by atoms with Gasteiger partial charge in [-0.3, -0.25) is 13.9 Å². The number of allylic oxidation sites excluding steroid dienone is 1. The molecule has 0 bridgehead atoms. The maximum atomic E-state index is 12.3. The van der Waals surface area contributed by atoms with Crippen molar-refractivity contribution in [3.63, 3.8) is 0 Å². The molecule has 2 rings (SSSR count). The summed E-state index contributed by atoms with van der Waals surface area (Å²) < 4.78 is 3.91. The Morgan fingerprint density at radius 1 is 1.40 bits per heavy atom. The number of hydrogen-bond acceptors (Lipinski definition) is 5. The number of nitrogens with zero attached hydrogens (tertiary/aromatic N) is 4. The first-order chi connectivity index (χ1) is 9.47. The van der Waals surface area contributed by atoms with E-state index in [2.05, 4.69) is 11.6 Å². The largest absolute Gasteiger partial charge is 0.341 e. The summed E-state index contributed by atoms with van der Waals surface area (Å²) in [7, 11) is 3.25. The zero-order chi connectivity index (χ0) is 14.9. The molecule has 2 aromatic heterocycles. The molecule has 0 radical (unpaired) electrons. The highest BCUT2D eigenvalue weighted by atomic mass is 17.2. The van der Waals surface area contributed by atoms with Crippen LogP contribution in [0.4, 0.5) is 0 Å². The van der Waals surface area contributed by atoms with Crippen molar-refractivity contribution in [3.05, 3.63) is 39.5 Å². The molecular formula is C12H16N4O4. The van der Waals surface area contributed by atoms with Crippen molar-refractivity contribution < 1.29 is 9.78 Å². The minimum absolute atomic E-state index is 0.0768. The van der Waals surface area contributed by atoms with E-state index in [1.807, 2.05) is 0 Å². The summed E-state index contributed by atoms with van der Waals surface area (Å²) in [6, 6.07) is 0. The Kier molecular flexibility index (Phi) is 3.75. The maximum absolute atomic E-state index is 12.3. The zero-order valence-electron chi connectivity index (χ0n) is 11.6. The second-order valence-electron chi connectivity index (χ2n) is 4.29. The molecule has 0 aliphatic carbocycles. The fourth-order valence-electron chi connectivity index (χ4n) is 1.88. The molecule has 2 aromatic rings. The molecule has 0 atom stereocenters. The van der Waals surface area contributed by atoms with Crippen LogP contribution in [0.25, 0.3) is 11.2 Å². The van der Waals surface area contributed by atoms with Crippen LogP contribution in [-0.4, -0.2) is 25.3 Å². The van der Waals surface area contributed by atoms with Crippen LogP contribution < -0.4 is 11.2 Å². The lowest BCUT2D eigenvalue weighted by Gasteiger charge is -2.10. The molecule has 0 N–H and O–H groups in total. The summed E-state index contributed by atoms with van der Waals surface area (Å²) in [6.45, 7) is 5.63. The van der Waals surface area contributed by atoms with E-state index in [0.29, 0.717) is 17.8 Å². The van der Waals surface area contributed by atoms with Crippen molar-refractivity contribution in [2.45, 2.75) is 13.5 Å². The number of rotatable bonds is 5. The van der Waals surface area contributed by atoms with E-state index >= 15 is 0 Å². The van der Waals surface area contributed by atoms with E-state index in [1.165, 1.54) is 10.9 Å². The van der Waals surface area contributed by atoms with Gasteiger partial charge in [-0.05, 0) is 6.92 Å². The molecule has 0 aliphatic heterocycles. The molecule has 0 aromatic carbocycles. The fourth-order valence-corrected chi connectivity index (χ4v) is 1.88. The quantitative estimate of drug-likeness (QED) is 0.434. The molecule has 0 saturated carbocycles. The van der Waals surface area contributed by atoms with E-state index in [9.17, 15) is 9.59 Å². The Balaban J connectivity index is 2.54. The lowest BCUT2D eigenvalue weighted by molar-refractivity contribution is -0.260. The number of fused-ring (bicyclic) bond motifs is 1. The minimum Gasteiger partial charge on any atom is -0.341 e. The minimum atomic E-state index is -0.484. The van der Waals surface area contributed by atoms with Gasteiger partial charge in [0.1, 0.15) is 0 Å². The van der Waals surface area contributed by atoms with Crippen LogP contribution in [0.3, 0.4) is 0 Å². The highest BCUT2D eigenvalue weighted by molar-refractivity contribution is 5.69. The molecule has 0 unspecified atom stereocenters. The van der Waals surface area contributed by atoms with Crippen molar-refractivity contribution in [3.8, 4) is 0 Å². The summed E-state index contributed by atoms with van der Waals surface area (Å²) in [5.41, 5.74) is -0.238. The van der Waals surface area contributed by atoms with E-state index < -0.39 is 11.2 Å². The summed E-state index contributed by atoms with van der Waals surface area (Å²) >= 11 is 0. The van der Waals surface area contributed by atoms with Crippen LogP contribution in [0.1, 0.15) is 6.92 Å². The highest BCUT2D eigenvalue weighted by Gasteiger charge is 2.15. The molecule has 8 nitrogen and oxygen atoms in total. The van der Waals surface area contributed by atoms with Gasteiger partial charge in [-0.15, -0.1) is 0 Å². The first kappa shape index (κ1) is 14.1. The molecule has 0 fully saturated rings. The second-order valence-corrected chi connectivity index (χ2v) is 4.29. The average Bonchev–Trinajstić information content (AvgIpc) is 2.81. The third-order valence-corrected chi connectivity index (χ3v) is 2.83. The van der Waals surface area contributed by atoms with Gasteiger partial charge in [0.25, 0.3) is 5.56 Å². The van der Waals surface area contributed by atoms with Gasteiger partial charge in [-0.1, -0.05) is 6.58 Å². The maximum Gasteiger partial charge on any atom is 0.332 e. The molecule has 0 spiro atoms. The van der Waals surface area contributed by atoms with Crippen LogP contribution in [0.5, 0.6) is 0 Å². The van der Waals surface area contributed by atoms with E-state index in [4.69, 9.17) is 9.78 Å². The van der Waals surface area contributed by atoms with Crippen LogP contribution >= 0.6 is 0 Å². The molecule has 0 amide bonds. The highest BCUT2D eigenvalue weighted by Crippen LogP contribution is 2.04. The second kappa shape index (κ2) is 5.33. The SMILES string of the molecule is C=C(Cn1c(=O)c2c(ncn2C)n(C)c1=O)OOCC. The first-order valence-corrected chi connectivity index (χ1v) is 6.05. The van der Waals surface area contributed by atoms with Gasteiger partial charge in [0, 0.05) is 14.1 Å². The van der Waals surface area contributed by atoms with E-state index in [1.54, 1.807) is 25.6 Å². The summed E-state index contributed by atoms with van der Waals surface area (Å²) in [5.74, 6) is 0.174. The van der Waals surface area contributed by atoms with Crippen molar-refractivity contribution in [2.75, 3.05) is 6.61 Å². The zero-order valence-corrected chi connectivity index (χ0v) is 11.6. The Hall–Kier alpha value is -2.35. The third kappa shape index (κ3) is 2.25. The molecule has 0 aliphatic rings. The van der Waals surface area contributed by atoms with E-state index in [-0.39, 0.29) is 12.3 Å². The van der Waals surface area contributed by atoms with Gasteiger partial charge in [-0.25, -0.2) is 9.78 Å². The monoisotopic (exact) mass is 280 g/mol. The standard InChI is InChI=1S/C12H16N4O4/c1-5-19-20-8(2)6-16-11(17)9-10(13-7-14(9)3)15(4)12(16)18/h7H,2,5-6H2,1,3-4H3. The Labute approximate surface area is 114 Å². The number of aryl methyl sites for hydroxylation is 2. The normalized spacial score (nSPS) is 10.9. The summed E-state index contributed by atoms with van der Waals surface area (Å²) in [4.78, 5) is 38.1. The van der Waals surface area contributed by atoms with Crippen LogP contribution in [0.15, 0.2) is 28.3 Å². The van der Waals surface area contributed by atoms with Gasteiger partial charge in [0.15, 0.2) is 16.9 Å². The number of aromatic nitrogens is 4. The Morgan fingerprint density at radius 3 is 2.75 bits per heavy atom. The van der Waals surface area contributed by atoms with Gasteiger partial charge in [-0.2, -0.15) is 4.89 Å². The molecule has 2 heterocycles. The molecule has 0 saturated heterocycles. The molecule has 8 heteroatoms. The number of hydrogen-bond donors (Lipinski definition) is 0. The lowest BCUT2D eigenvalue weighted by atomic mass is 10.4. The molecular weight excluding hydrogens is 264 g/mol. The van der Waals surface area contributed by atoms with Gasteiger partial charge < -0.3 is 9.45 Å². The van der Waals surface area contributed by atoms with Gasteiger partial charge in [0.05, 0.1) is 19.5 Å². The summed E-state index contributed by atoms with van der Waals surface area (Å²) in [5, 5.41) is 0. The lowest BCUT2D eigenvalue weighted by Crippen LogP contribution is -2.40. The van der Waals surface area contributed by atoms with Crippen molar-refractivity contribution >= 4 is 11.2 Å². The van der Waals surface area contributed by atoms with Crippen LogP contribution in [-0.2, 0) is 30.4 Å². The van der Waals surface area contributed by atoms with Gasteiger partial charge in [0.2, 0.25) is 0 Å². The van der Waals surface area contributed by atoms with Crippen molar-refractivity contribution in [2.24, 2.45) is 14.1 Å². The Bertz CT molecular complexity index is 768. The Morgan fingerprint density at radius 2 is 2.10 bits per heavy atom. The van der Waals surface area contributed by atoms with Crippen molar-refractivity contribution in [1.29, 1.82) is 0 Å². The topological polar surface area (TPSA) is 80.3 Å². The number of imidazole rings is 1. The predicted molar refractivity (Wildman–Crippen MR) is 72.1 cm³/mol. The molecule has 108 valence electrons. The van der Waals surface area contributed by atoms with E-state index in [0.717, 1.165) is 4.57 Å². The smallest absolute Gasteiger partial charge is 0.332 e. The van der Waals surface area contributed by atoms with Crippen LogP contribution in [0, 0.1) is 0 Å². The van der Waals surface area contributed by atoms with Crippen LogP contribution in [0.2, 0.25) is 0 Å². The van der Waals surface area contributed by atoms with Gasteiger partial charge >= 0.3 is 5.69 Å². The van der Waals surface area contributed by atoms with Crippen molar-refractivity contribution in [1.82, 2.24) is 18.7 Å². The third-order valence-electron chi connectivity index (χ3n) is 2.83. The molecule has 20 heavy (non-hydrogen) atoms.